The summed E-state index contributed by atoms with van der Waals surface area (Å²) in [5.41, 5.74) is 2.87. The van der Waals surface area contributed by atoms with E-state index in [0.29, 0.717) is 28.6 Å². The third-order valence-corrected chi connectivity index (χ3v) is 6.98. The molecule has 1 aromatic carbocycles. The fourth-order valence-electron chi connectivity index (χ4n) is 5.12. The normalized spacial score (nSPS) is 23.8. The number of rotatable bonds is 5. The van der Waals surface area contributed by atoms with E-state index < -0.39 is 5.60 Å². The number of allylic oxidation sites excluding steroid dienone is 1. The maximum Gasteiger partial charge on any atom is 0.260 e. The lowest BCUT2D eigenvalue weighted by atomic mass is 9.92. The first kappa shape index (κ1) is 22.6. The lowest BCUT2D eigenvalue weighted by Gasteiger charge is -2.33. The summed E-state index contributed by atoms with van der Waals surface area (Å²) in [4.78, 5) is 19.7. The third-order valence-electron chi connectivity index (χ3n) is 6.98. The number of amides is 1. The second-order valence-corrected chi connectivity index (χ2v) is 9.79. The van der Waals surface area contributed by atoms with Crippen LogP contribution in [-0.4, -0.2) is 47.1 Å². The van der Waals surface area contributed by atoms with Crippen molar-refractivity contribution < 1.29 is 13.9 Å². The van der Waals surface area contributed by atoms with Gasteiger partial charge in [0.15, 0.2) is 0 Å². The Kier molecular flexibility index (Phi) is 5.90. The average molecular weight is 463 g/mol. The van der Waals surface area contributed by atoms with E-state index in [4.69, 9.17) is 4.74 Å². The predicted molar refractivity (Wildman–Crippen MR) is 133 cm³/mol. The summed E-state index contributed by atoms with van der Waals surface area (Å²) in [5.74, 6) is 0.640. The van der Waals surface area contributed by atoms with Crippen molar-refractivity contribution in [3.8, 4) is 0 Å². The van der Waals surface area contributed by atoms with Gasteiger partial charge >= 0.3 is 0 Å². The van der Waals surface area contributed by atoms with E-state index in [0.717, 1.165) is 36.6 Å². The minimum atomic E-state index is -0.632. The number of fused-ring (bicyclic) bond motifs is 1. The van der Waals surface area contributed by atoms with Crippen molar-refractivity contribution in [2.24, 2.45) is 0 Å². The number of likely N-dealkylation sites (tertiary alicyclic amines) is 1. The highest BCUT2D eigenvalue weighted by molar-refractivity contribution is 6.32. The van der Waals surface area contributed by atoms with E-state index in [-0.39, 0.29) is 11.7 Å². The van der Waals surface area contributed by atoms with Gasteiger partial charge in [0.1, 0.15) is 23.0 Å². The molecule has 0 aliphatic carbocycles. The largest absolute Gasteiger partial charge is 0.482 e. The molecule has 0 bridgehead atoms. The molecule has 178 valence electrons. The lowest BCUT2D eigenvalue weighted by molar-refractivity contribution is -0.111. The molecule has 7 heteroatoms. The van der Waals surface area contributed by atoms with Crippen molar-refractivity contribution >= 4 is 28.6 Å². The van der Waals surface area contributed by atoms with E-state index in [1.807, 2.05) is 32.1 Å². The van der Waals surface area contributed by atoms with Crippen LogP contribution in [0.1, 0.15) is 51.2 Å². The molecule has 5 rings (SSSR count). The van der Waals surface area contributed by atoms with Crippen molar-refractivity contribution in [1.29, 1.82) is 0 Å². The Bertz CT molecular complexity index is 1190. The standard InChI is InChI=1S/C27H31FN4O2/c1-17-6-4-5-12-32(17)13-11-30-24-14-18(9-10-29-24)21-16-23(34-27(21,2)3)25-20-8-7-19(28)15-22(20)31-26(25)33/h7-10,14-17H,4-6,11-13H2,1-3H3,(H,29,30)(H,31,33). The summed E-state index contributed by atoms with van der Waals surface area (Å²) in [6, 6.07) is 8.93. The Balaban J connectivity index is 1.38. The Hall–Kier alpha value is -3.19. The number of carbonyl (C=O) groups is 1. The highest BCUT2D eigenvalue weighted by Gasteiger charge is 2.38. The molecular weight excluding hydrogens is 431 g/mol. The zero-order chi connectivity index (χ0) is 23.9. The van der Waals surface area contributed by atoms with Crippen molar-refractivity contribution in [3.63, 3.8) is 0 Å². The number of pyridine rings is 1. The summed E-state index contributed by atoms with van der Waals surface area (Å²) in [6.45, 7) is 9.26. The van der Waals surface area contributed by atoms with Crippen LogP contribution in [0.15, 0.2) is 48.4 Å². The third kappa shape index (κ3) is 4.32. The van der Waals surface area contributed by atoms with Gasteiger partial charge in [0.05, 0.1) is 11.3 Å². The van der Waals surface area contributed by atoms with Gasteiger partial charge in [-0.3, -0.25) is 9.69 Å². The number of piperidine rings is 1. The first-order valence-electron chi connectivity index (χ1n) is 12.0. The first-order valence-corrected chi connectivity index (χ1v) is 12.0. The van der Waals surface area contributed by atoms with Gasteiger partial charge in [0, 0.05) is 36.5 Å². The fourth-order valence-corrected chi connectivity index (χ4v) is 5.12. The number of benzene rings is 1. The van der Waals surface area contributed by atoms with Gasteiger partial charge in [-0.1, -0.05) is 6.42 Å². The lowest BCUT2D eigenvalue weighted by Crippen LogP contribution is -2.40. The van der Waals surface area contributed by atoms with Gasteiger partial charge in [0.2, 0.25) is 0 Å². The molecule has 2 aromatic rings. The molecule has 3 aliphatic rings. The van der Waals surface area contributed by atoms with Gasteiger partial charge in [-0.25, -0.2) is 9.37 Å². The van der Waals surface area contributed by atoms with Crippen LogP contribution in [0.4, 0.5) is 15.9 Å². The van der Waals surface area contributed by atoms with Gasteiger partial charge < -0.3 is 15.4 Å². The number of ether oxygens (including phenoxy) is 1. The van der Waals surface area contributed by atoms with Crippen LogP contribution < -0.4 is 10.6 Å². The monoisotopic (exact) mass is 462 g/mol. The quantitative estimate of drug-likeness (QED) is 0.608. The molecule has 0 radical (unpaired) electrons. The van der Waals surface area contributed by atoms with Crippen LogP contribution in [0.3, 0.4) is 0 Å². The van der Waals surface area contributed by atoms with Crippen molar-refractivity contribution in [3.05, 3.63) is 65.3 Å². The second kappa shape index (κ2) is 8.87. The number of carbonyl (C=O) groups excluding carboxylic acids is 1. The number of anilines is 2. The van der Waals surface area contributed by atoms with Gasteiger partial charge in [0.25, 0.3) is 5.91 Å². The van der Waals surface area contributed by atoms with E-state index in [2.05, 4.69) is 27.4 Å². The summed E-state index contributed by atoms with van der Waals surface area (Å²) in [5, 5.41) is 6.20. The second-order valence-electron chi connectivity index (χ2n) is 9.79. The summed E-state index contributed by atoms with van der Waals surface area (Å²) in [7, 11) is 0. The average Bonchev–Trinajstić information content (AvgIpc) is 3.29. The van der Waals surface area contributed by atoms with Gasteiger partial charge in [-0.15, -0.1) is 0 Å². The molecule has 1 unspecified atom stereocenters. The van der Waals surface area contributed by atoms with Crippen LogP contribution in [0, 0.1) is 5.82 Å². The maximum atomic E-state index is 13.6. The van der Waals surface area contributed by atoms with Crippen LogP contribution >= 0.6 is 0 Å². The fraction of sp³-hybridized carbons (Fsp3) is 0.407. The Labute approximate surface area is 199 Å². The van der Waals surface area contributed by atoms with Crippen LogP contribution in [0.5, 0.6) is 0 Å². The molecule has 1 amide bonds. The predicted octanol–water partition coefficient (Wildman–Crippen LogP) is 5.06. The number of halogens is 1. The number of nitrogens with zero attached hydrogens (tertiary/aromatic N) is 2. The number of hydrogen-bond donors (Lipinski definition) is 2. The maximum absolute atomic E-state index is 13.6. The minimum absolute atomic E-state index is 0.284. The van der Waals surface area contributed by atoms with Crippen LogP contribution in [0.25, 0.3) is 11.1 Å². The van der Waals surface area contributed by atoms with Crippen molar-refractivity contribution in [2.75, 3.05) is 30.3 Å². The SMILES string of the molecule is CC1CCCCN1CCNc1cc(C2=CC(=C3C(=O)Nc4cc(F)ccc43)OC2(C)C)ccn1. The minimum Gasteiger partial charge on any atom is -0.482 e. The smallest absolute Gasteiger partial charge is 0.260 e. The first-order chi connectivity index (χ1) is 16.3. The van der Waals surface area contributed by atoms with E-state index in [1.54, 1.807) is 12.3 Å². The zero-order valence-corrected chi connectivity index (χ0v) is 20.0. The Morgan fingerprint density at radius 3 is 2.94 bits per heavy atom. The molecule has 3 aliphatic heterocycles. The van der Waals surface area contributed by atoms with Crippen molar-refractivity contribution in [2.45, 2.75) is 51.7 Å². The van der Waals surface area contributed by atoms with Crippen LogP contribution in [0.2, 0.25) is 0 Å². The highest BCUT2D eigenvalue weighted by atomic mass is 19.1. The molecule has 1 fully saturated rings. The van der Waals surface area contributed by atoms with E-state index in [9.17, 15) is 9.18 Å². The summed E-state index contributed by atoms with van der Waals surface area (Å²) in [6.07, 6.45) is 7.58. The van der Waals surface area contributed by atoms with Crippen molar-refractivity contribution in [1.82, 2.24) is 9.88 Å². The van der Waals surface area contributed by atoms with E-state index >= 15 is 0 Å². The zero-order valence-electron chi connectivity index (χ0n) is 20.0. The summed E-state index contributed by atoms with van der Waals surface area (Å²) >= 11 is 0. The highest BCUT2D eigenvalue weighted by Crippen LogP contribution is 2.44. The molecule has 0 spiro atoms. The Morgan fingerprint density at radius 1 is 1.26 bits per heavy atom. The number of nitrogens with one attached hydrogen (secondary N) is 2. The van der Waals surface area contributed by atoms with Crippen LogP contribution in [-0.2, 0) is 9.53 Å². The molecular formula is C27H31FN4O2. The molecule has 1 aromatic heterocycles. The molecule has 0 saturated carbocycles. The number of hydrogen-bond acceptors (Lipinski definition) is 5. The summed E-state index contributed by atoms with van der Waals surface area (Å²) < 4.78 is 19.9. The van der Waals surface area contributed by atoms with Gasteiger partial charge in [-0.05, 0) is 82.1 Å². The molecule has 6 nitrogen and oxygen atoms in total. The number of aromatic nitrogens is 1. The van der Waals surface area contributed by atoms with E-state index in [1.165, 1.54) is 31.4 Å². The molecule has 1 saturated heterocycles. The van der Waals surface area contributed by atoms with Gasteiger partial charge in [-0.2, -0.15) is 0 Å². The molecule has 4 heterocycles. The topological polar surface area (TPSA) is 66.5 Å². The Morgan fingerprint density at radius 2 is 2.12 bits per heavy atom. The molecule has 34 heavy (non-hydrogen) atoms. The molecule has 2 N–H and O–H groups in total. The molecule has 1 atom stereocenters.